The smallest absolute Gasteiger partial charge is 0.228 e. The molecule has 1 atom stereocenters. The molecule has 0 saturated heterocycles. The van der Waals surface area contributed by atoms with E-state index < -0.39 is 0 Å². The first-order chi connectivity index (χ1) is 9.55. The molecule has 0 spiro atoms. The van der Waals surface area contributed by atoms with Crippen LogP contribution in [0.15, 0.2) is 4.52 Å². The molecule has 2 N–H and O–H groups in total. The van der Waals surface area contributed by atoms with Crippen LogP contribution in [0.3, 0.4) is 0 Å². The Labute approximate surface area is 121 Å². The van der Waals surface area contributed by atoms with E-state index in [9.17, 15) is 0 Å². The van der Waals surface area contributed by atoms with Crippen LogP contribution in [-0.4, -0.2) is 22.8 Å². The zero-order chi connectivity index (χ0) is 14.6. The summed E-state index contributed by atoms with van der Waals surface area (Å²) in [4.78, 5) is 4.55. The van der Waals surface area contributed by atoms with Gasteiger partial charge < -0.3 is 15.0 Å². The summed E-state index contributed by atoms with van der Waals surface area (Å²) in [5.74, 6) is 1.93. The van der Waals surface area contributed by atoms with Gasteiger partial charge >= 0.3 is 0 Å². The van der Waals surface area contributed by atoms with E-state index in [-0.39, 0.29) is 11.6 Å². The maximum absolute atomic E-state index is 6.10. The fourth-order valence-corrected chi connectivity index (χ4v) is 3.09. The Bertz CT molecular complexity index is 411. The quantitative estimate of drug-likeness (QED) is 0.831. The molecule has 1 aromatic rings. The van der Waals surface area contributed by atoms with Gasteiger partial charge in [0.15, 0.2) is 0 Å². The van der Waals surface area contributed by atoms with Crippen LogP contribution in [0.2, 0.25) is 0 Å². The van der Waals surface area contributed by atoms with Crippen molar-refractivity contribution in [3.63, 3.8) is 0 Å². The molecule has 1 unspecified atom stereocenters. The van der Waals surface area contributed by atoms with E-state index in [0.29, 0.717) is 30.7 Å². The first kappa shape index (κ1) is 15.4. The Morgan fingerprint density at radius 1 is 1.35 bits per heavy atom. The van der Waals surface area contributed by atoms with Crippen molar-refractivity contribution in [3.05, 3.63) is 11.7 Å². The number of nitrogens with zero attached hydrogens (tertiary/aromatic N) is 2. The lowest BCUT2D eigenvalue weighted by Gasteiger charge is -2.24. The molecule has 0 amide bonds. The highest BCUT2D eigenvalue weighted by molar-refractivity contribution is 5.05. The summed E-state index contributed by atoms with van der Waals surface area (Å²) in [6, 6.07) is 0.0786. The van der Waals surface area contributed by atoms with Crippen LogP contribution < -0.4 is 5.73 Å². The molecule has 2 rings (SSSR count). The monoisotopic (exact) mass is 281 g/mol. The summed E-state index contributed by atoms with van der Waals surface area (Å²) >= 11 is 0. The number of aromatic nitrogens is 2. The molecule has 1 saturated carbocycles. The van der Waals surface area contributed by atoms with Crippen molar-refractivity contribution in [3.8, 4) is 0 Å². The Hall–Kier alpha value is -0.940. The molecular formula is C15H27N3O2. The van der Waals surface area contributed by atoms with Crippen LogP contribution in [0, 0.1) is 5.92 Å². The first-order valence-corrected chi connectivity index (χ1v) is 7.78. The third kappa shape index (κ3) is 3.58. The van der Waals surface area contributed by atoms with Crippen molar-refractivity contribution in [1.29, 1.82) is 0 Å². The lowest BCUT2D eigenvalue weighted by Crippen LogP contribution is -2.28. The van der Waals surface area contributed by atoms with Gasteiger partial charge in [-0.05, 0) is 44.9 Å². The second kappa shape index (κ2) is 6.68. The molecule has 1 fully saturated rings. The fraction of sp³-hybridized carbons (Fsp3) is 0.867. The molecule has 5 nitrogen and oxygen atoms in total. The van der Waals surface area contributed by atoms with Gasteiger partial charge in [-0.1, -0.05) is 19.0 Å². The van der Waals surface area contributed by atoms with Crippen LogP contribution in [-0.2, 0) is 16.8 Å². The minimum atomic E-state index is -0.321. The number of ether oxygens (including phenoxy) is 1. The van der Waals surface area contributed by atoms with Crippen LogP contribution in [0.4, 0.5) is 0 Å². The molecule has 1 heterocycles. The maximum Gasteiger partial charge on any atom is 0.228 e. The predicted molar refractivity (Wildman–Crippen MR) is 77.2 cm³/mol. The zero-order valence-electron chi connectivity index (χ0n) is 12.9. The van der Waals surface area contributed by atoms with Gasteiger partial charge in [0.25, 0.3) is 0 Å². The summed E-state index contributed by atoms with van der Waals surface area (Å²) < 4.78 is 11.3. The predicted octanol–water partition coefficient (Wildman–Crippen LogP) is 2.79. The van der Waals surface area contributed by atoms with Crippen molar-refractivity contribution in [2.45, 2.75) is 70.9 Å². The van der Waals surface area contributed by atoms with Gasteiger partial charge in [0.1, 0.15) is 5.60 Å². The van der Waals surface area contributed by atoms with Crippen molar-refractivity contribution in [2.24, 2.45) is 11.7 Å². The van der Waals surface area contributed by atoms with Crippen molar-refractivity contribution in [2.75, 3.05) is 6.61 Å². The lowest BCUT2D eigenvalue weighted by atomic mass is 10.0. The normalized spacial score (nSPS) is 19.6. The van der Waals surface area contributed by atoms with Gasteiger partial charge in [-0.15, -0.1) is 0 Å². The van der Waals surface area contributed by atoms with E-state index in [4.69, 9.17) is 15.0 Å². The summed E-state index contributed by atoms with van der Waals surface area (Å²) in [5, 5.41) is 4.15. The minimum absolute atomic E-state index is 0.0786. The van der Waals surface area contributed by atoms with E-state index in [1.807, 2.05) is 6.92 Å². The Kier molecular flexibility index (Phi) is 5.16. The standard InChI is InChI=1S/C15H27N3O2/c1-4-19-15(7-5-6-8-15)14-17-13(20-18-14)10-12(16)9-11(2)3/h11-12H,4-10,16H2,1-3H3. The number of hydrogen-bond acceptors (Lipinski definition) is 5. The topological polar surface area (TPSA) is 74.2 Å². The Balaban J connectivity index is 2.04. The van der Waals surface area contributed by atoms with E-state index in [1.165, 1.54) is 0 Å². The highest BCUT2D eigenvalue weighted by Crippen LogP contribution is 2.40. The third-order valence-electron chi connectivity index (χ3n) is 3.92. The van der Waals surface area contributed by atoms with Gasteiger partial charge in [-0.2, -0.15) is 4.98 Å². The molecule has 5 heteroatoms. The zero-order valence-corrected chi connectivity index (χ0v) is 12.9. The molecule has 1 aliphatic carbocycles. The van der Waals surface area contributed by atoms with Crippen LogP contribution in [0.1, 0.15) is 64.6 Å². The van der Waals surface area contributed by atoms with Crippen LogP contribution in [0.25, 0.3) is 0 Å². The van der Waals surface area contributed by atoms with E-state index in [2.05, 4.69) is 24.0 Å². The minimum Gasteiger partial charge on any atom is -0.367 e. The van der Waals surface area contributed by atoms with E-state index >= 15 is 0 Å². The Morgan fingerprint density at radius 2 is 2.05 bits per heavy atom. The van der Waals surface area contributed by atoms with Gasteiger partial charge in [0.05, 0.1) is 0 Å². The molecule has 1 aromatic heterocycles. The third-order valence-corrected chi connectivity index (χ3v) is 3.92. The molecular weight excluding hydrogens is 254 g/mol. The molecule has 0 radical (unpaired) electrons. The van der Waals surface area contributed by atoms with Gasteiger partial charge in [-0.25, -0.2) is 0 Å². The second-order valence-corrected chi connectivity index (χ2v) is 6.24. The van der Waals surface area contributed by atoms with Crippen LogP contribution >= 0.6 is 0 Å². The first-order valence-electron chi connectivity index (χ1n) is 7.78. The highest BCUT2D eigenvalue weighted by Gasteiger charge is 2.40. The van der Waals surface area contributed by atoms with Crippen LogP contribution in [0.5, 0.6) is 0 Å². The maximum atomic E-state index is 6.10. The molecule has 20 heavy (non-hydrogen) atoms. The molecule has 114 valence electrons. The van der Waals surface area contributed by atoms with Gasteiger partial charge in [0.2, 0.25) is 11.7 Å². The van der Waals surface area contributed by atoms with Crippen molar-refractivity contribution < 1.29 is 9.26 Å². The van der Waals surface area contributed by atoms with Crippen molar-refractivity contribution >= 4 is 0 Å². The van der Waals surface area contributed by atoms with Crippen molar-refractivity contribution in [1.82, 2.24) is 10.1 Å². The largest absolute Gasteiger partial charge is 0.367 e. The average Bonchev–Trinajstić information content (AvgIpc) is 2.98. The summed E-state index contributed by atoms with van der Waals surface area (Å²) in [5.41, 5.74) is 5.78. The highest BCUT2D eigenvalue weighted by atomic mass is 16.5. The summed E-state index contributed by atoms with van der Waals surface area (Å²) in [6.45, 7) is 7.03. The van der Waals surface area contributed by atoms with Gasteiger partial charge in [-0.3, -0.25) is 0 Å². The molecule has 1 aliphatic rings. The SMILES string of the molecule is CCOC1(c2noc(CC(N)CC(C)C)n2)CCCC1. The van der Waals surface area contributed by atoms with E-state index in [0.717, 1.165) is 32.1 Å². The fourth-order valence-electron chi connectivity index (χ4n) is 3.09. The summed E-state index contributed by atoms with van der Waals surface area (Å²) in [6.07, 6.45) is 5.91. The van der Waals surface area contributed by atoms with Gasteiger partial charge in [0, 0.05) is 19.1 Å². The Morgan fingerprint density at radius 3 is 2.65 bits per heavy atom. The average molecular weight is 281 g/mol. The molecule has 0 bridgehead atoms. The summed E-state index contributed by atoms with van der Waals surface area (Å²) in [7, 11) is 0. The number of rotatable bonds is 7. The lowest BCUT2D eigenvalue weighted by molar-refractivity contribution is -0.0469. The number of nitrogens with two attached hydrogens (primary N) is 1. The van der Waals surface area contributed by atoms with E-state index in [1.54, 1.807) is 0 Å². The molecule has 0 aromatic carbocycles. The molecule has 0 aliphatic heterocycles. The number of hydrogen-bond donors (Lipinski definition) is 1. The second-order valence-electron chi connectivity index (χ2n) is 6.24.